The minimum absolute atomic E-state index is 0.132. The fraction of sp³-hybridized carbons (Fsp3) is 0.400. The Labute approximate surface area is 157 Å². The molecule has 0 aliphatic carbocycles. The molecule has 1 aromatic heterocycles. The van der Waals surface area contributed by atoms with E-state index >= 15 is 0 Å². The number of pyridine rings is 1. The van der Waals surface area contributed by atoms with Crippen LogP contribution >= 0.6 is 11.8 Å². The molecule has 2 aliphatic heterocycles. The lowest BCUT2D eigenvalue weighted by molar-refractivity contribution is 0.0963. The van der Waals surface area contributed by atoms with Gasteiger partial charge >= 0.3 is 0 Å². The predicted octanol–water partition coefficient (Wildman–Crippen LogP) is 4.20. The van der Waals surface area contributed by atoms with E-state index in [1.54, 1.807) is 12.3 Å². The average molecular weight is 373 g/mol. The maximum Gasteiger partial charge on any atom is 0.231 e. The van der Waals surface area contributed by atoms with Crippen molar-refractivity contribution in [1.82, 2.24) is 9.40 Å². The molecule has 0 spiro atoms. The Morgan fingerprint density at radius 1 is 1.38 bits per heavy atom. The minimum Gasteiger partial charge on any atom is -0.454 e. The van der Waals surface area contributed by atoms with Gasteiger partial charge in [-0.15, -0.1) is 6.58 Å². The number of hydrogen-bond donors (Lipinski definition) is 0. The van der Waals surface area contributed by atoms with Crippen LogP contribution in [0, 0.1) is 11.8 Å². The summed E-state index contributed by atoms with van der Waals surface area (Å²) in [6, 6.07) is 5.48. The molecule has 1 fully saturated rings. The number of halogens is 1. The molecule has 1 aromatic carbocycles. The molecule has 2 aliphatic rings. The first kappa shape index (κ1) is 17.3. The molecule has 0 saturated carbocycles. The summed E-state index contributed by atoms with van der Waals surface area (Å²) in [6.07, 6.45) is 5.98. The average Bonchev–Trinajstić information content (AvgIpc) is 3.11. The van der Waals surface area contributed by atoms with Gasteiger partial charge in [0.1, 0.15) is 0 Å². The Morgan fingerprint density at radius 3 is 3.00 bits per heavy atom. The van der Waals surface area contributed by atoms with Gasteiger partial charge < -0.3 is 9.47 Å². The van der Waals surface area contributed by atoms with Crippen LogP contribution in [-0.4, -0.2) is 35.1 Å². The summed E-state index contributed by atoms with van der Waals surface area (Å²) >= 11 is 6.12. The summed E-state index contributed by atoms with van der Waals surface area (Å²) < 4.78 is 12.7. The van der Waals surface area contributed by atoms with Crippen LogP contribution in [0.5, 0.6) is 11.5 Å². The van der Waals surface area contributed by atoms with E-state index in [0.717, 1.165) is 36.8 Å². The minimum atomic E-state index is 0.132. The normalized spacial score (nSPS) is 22.5. The zero-order chi connectivity index (χ0) is 18.1. The Bertz CT molecular complexity index is 854. The lowest BCUT2D eigenvalue weighted by Gasteiger charge is -2.33. The third-order valence-electron chi connectivity index (χ3n) is 5.34. The van der Waals surface area contributed by atoms with E-state index in [0.29, 0.717) is 35.3 Å². The van der Waals surface area contributed by atoms with Crippen molar-refractivity contribution in [2.24, 2.45) is 11.8 Å². The van der Waals surface area contributed by atoms with E-state index in [4.69, 9.17) is 21.3 Å². The number of piperidine rings is 1. The number of rotatable bonds is 5. The van der Waals surface area contributed by atoms with Crippen LogP contribution in [0.3, 0.4) is 0 Å². The second-order valence-corrected chi connectivity index (χ2v) is 7.34. The SMILES string of the molecule is C=CC1CN(Cl)CCC1CCC(=O)c1ccnc2cc3c(cc12)OCO3. The Morgan fingerprint density at radius 2 is 2.19 bits per heavy atom. The highest BCUT2D eigenvalue weighted by Crippen LogP contribution is 2.37. The maximum absolute atomic E-state index is 12.9. The van der Waals surface area contributed by atoms with Crippen molar-refractivity contribution in [2.45, 2.75) is 19.3 Å². The highest BCUT2D eigenvalue weighted by Gasteiger charge is 2.27. The number of carbonyl (C=O) groups excluding carboxylic acids is 1. The number of ketones is 1. The van der Waals surface area contributed by atoms with Crippen LogP contribution in [0.15, 0.2) is 37.1 Å². The molecule has 6 heteroatoms. The van der Waals surface area contributed by atoms with Crippen LogP contribution in [0.2, 0.25) is 0 Å². The fourth-order valence-corrected chi connectivity index (χ4v) is 4.10. The molecule has 2 aromatic rings. The highest BCUT2D eigenvalue weighted by molar-refractivity contribution is 6.13. The third-order valence-corrected chi connectivity index (χ3v) is 5.65. The molecule has 26 heavy (non-hydrogen) atoms. The van der Waals surface area contributed by atoms with Crippen molar-refractivity contribution < 1.29 is 14.3 Å². The van der Waals surface area contributed by atoms with Gasteiger partial charge in [0.15, 0.2) is 17.3 Å². The number of benzene rings is 1. The molecular weight excluding hydrogens is 352 g/mol. The molecule has 0 bridgehead atoms. The van der Waals surface area contributed by atoms with Gasteiger partial charge in [-0.1, -0.05) is 6.08 Å². The molecule has 2 atom stereocenters. The zero-order valence-corrected chi connectivity index (χ0v) is 15.2. The molecule has 1 saturated heterocycles. The summed E-state index contributed by atoms with van der Waals surface area (Å²) in [6.45, 7) is 5.78. The van der Waals surface area contributed by atoms with Crippen molar-refractivity contribution in [3.05, 3.63) is 42.6 Å². The molecule has 0 N–H and O–H groups in total. The van der Waals surface area contributed by atoms with Crippen LogP contribution in [-0.2, 0) is 0 Å². The molecule has 3 heterocycles. The smallest absolute Gasteiger partial charge is 0.231 e. The monoisotopic (exact) mass is 372 g/mol. The second-order valence-electron chi connectivity index (χ2n) is 6.86. The van der Waals surface area contributed by atoms with Crippen molar-refractivity contribution in [3.8, 4) is 11.5 Å². The van der Waals surface area contributed by atoms with E-state index < -0.39 is 0 Å². The molecule has 2 unspecified atom stereocenters. The Hall–Kier alpha value is -2.11. The van der Waals surface area contributed by atoms with Gasteiger partial charge in [-0.25, -0.2) is 4.42 Å². The number of fused-ring (bicyclic) bond motifs is 2. The van der Waals surface area contributed by atoms with E-state index in [2.05, 4.69) is 11.6 Å². The molecule has 5 nitrogen and oxygen atoms in total. The molecule has 0 amide bonds. The van der Waals surface area contributed by atoms with E-state index in [1.165, 1.54) is 0 Å². The molecular formula is C20H21ClN2O3. The number of nitrogens with zero attached hydrogens (tertiary/aromatic N) is 2. The second kappa shape index (κ2) is 7.25. The molecule has 0 radical (unpaired) electrons. The number of Topliss-reactive ketones (excluding diaryl/α,β-unsaturated/α-hetero) is 1. The Kier molecular flexibility index (Phi) is 4.83. The van der Waals surface area contributed by atoms with Crippen LogP contribution in [0.1, 0.15) is 29.6 Å². The Balaban J connectivity index is 1.52. The lowest BCUT2D eigenvalue weighted by Crippen LogP contribution is -2.34. The van der Waals surface area contributed by atoms with Gasteiger partial charge in [-0.3, -0.25) is 9.78 Å². The first-order valence-electron chi connectivity index (χ1n) is 8.90. The summed E-state index contributed by atoms with van der Waals surface area (Å²) in [7, 11) is 0. The van der Waals surface area contributed by atoms with Gasteiger partial charge in [0.25, 0.3) is 0 Å². The van der Waals surface area contributed by atoms with E-state index in [1.807, 2.05) is 22.6 Å². The van der Waals surface area contributed by atoms with Gasteiger partial charge in [0.05, 0.1) is 5.52 Å². The van der Waals surface area contributed by atoms with Crippen molar-refractivity contribution in [3.63, 3.8) is 0 Å². The van der Waals surface area contributed by atoms with Crippen LogP contribution in [0.25, 0.3) is 10.9 Å². The van der Waals surface area contributed by atoms with Gasteiger partial charge in [0, 0.05) is 42.7 Å². The largest absolute Gasteiger partial charge is 0.454 e. The van der Waals surface area contributed by atoms with Crippen LogP contribution < -0.4 is 9.47 Å². The highest BCUT2D eigenvalue weighted by atomic mass is 35.5. The fourth-order valence-electron chi connectivity index (χ4n) is 3.84. The van der Waals surface area contributed by atoms with Crippen molar-refractivity contribution in [2.75, 3.05) is 19.9 Å². The van der Waals surface area contributed by atoms with E-state index in [-0.39, 0.29) is 12.6 Å². The maximum atomic E-state index is 12.9. The van der Waals surface area contributed by atoms with Crippen molar-refractivity contribution >= 4 is 28.5 Å². The number of carbonyl (C=O) groups is 1. The number of ether oxygens (including phenoxy) is 2. The van der Waals surface area contributed by atoms with Gasteiger partial charge in [0.2, 0.25) is 6.79 Å². The summed E-state index contributed by atoms with van der Waals surface area (Å²) in [5.41, 5.74) is 1.44. The van der Waals surface area contributed by atoms with Gasteiger partial charge in [-0.2, -0.15) is 0 Å². The molecule has 136 valence electrons. The van der Waals surface area contributed by atoms with E-state index in [9.17, 15) is 4.79 Å². The predicted molar refractivity (Wildman–Crippen MR) is 101 cm³/mol. The number of hydrogen-bond acceptors (Lipinski definition) is 5. The number of aromatic nitrogens is 1. The first-order chi connectivity index (χ1) is 12.7. The van der Waals surface area contributed by atoms with Crippen molar-refractivity contribution in [1.29, 1.82) is 0 Å². The molecule has 4 rings (SSSR count). The third kappa shape index (κ3) is 3.29. The topological polar surface area (TPSA) is 51.7 Å². The summed E-state index contributed by atoms with van der Waals surface area (Å²) in [4.78, 5) is 17.3. The summed E-state index contributed by atoms with van der Waals surface area (Å²) in [5.74, 6) is 2.25. The summed E-state index contributed by atoms with van der Waals surface area (Å²) in [5, 5.41) is 0.817. The van der Waals surface area contributed by atoms with Crippen LogP contribution in [0.4, 0.5) is 0 Å². The lowest BCUT2D eigenvalue weighted by atomic mass is 9.82. The zero-order valence-electron chi connectivity index (χ0n) is 14.5. The standard InChI is InChI=1S/C20H21ClN2O3/c1-2-13-11-23(21)8-6-14(13)3-4-18(24)15-5-7-22-17-10-20-19(9-16(15)17)25-12-26-20/h2,5,7,9-10,13-14H,1,3-4,6,8,11-12H2. The quantitative estimate of drug-likeness (QED) is 0.447. The van der Waals surface area contributed by atoms with Gasteiger partial charge in [-0.05, 0) is 48.6 Å². The first-order valence-corrected chi connectivity index (χ1v) is 9.24.